The highest BCUT2D eigenvalue weighted by atomic mass is 32.2. The molecule has 2 fully saturated rings. The van der Waals surface area contributed by atoms with Gasteiger partial charge in [0.05, 0.1) is 21.1 Å². The molecule has 0 saturated carbocycles. The molecule has 2 aromatic carbocycles. The Kier molecular flexibility index (Phi) is 9.89. The maximum Gasteiger partial charge on any atom is 0.417 e. The summed E-state index contributed by atoms with van der Waals surface area (Å²) in [7, 11) is 1.94. The summed E-state index contributed by atoms with van der Waals surface area (Å²) in [5.41, 5.74) is 1.71. The first-order valence-electron chi connectivity index (χ1n) is 15.2. The molecule has 3 heterocycles. The number of carbonyl (C=O) groups is 1. The van der Waals surface area contributed by atoms with Crippen LogP contribution in [0, 0.1) is 23.0 Å². The zero-order chi connectivity index (χ0) is 35.1. The van der Waals surface area contributed by atoms with Crippen molar-refractivity contribution in [2.75, 3.05) is 38.2 Å². The van der Waals surface area contributed by atoms with E-state index in [0.29, 0.717) is 11.8 Å². The van der Waals surface area contributed by atoms with E-state index in [9.17, 15) is 27.6 Å². The van der Waals surface area contributed by atoms with E-state index < -0.39 is 62.6 Å². The number of alkyl halides is 3. The fourth-order valence-corrected chi connectivity index (χ4v) is 6.96. The second-order valence-electron chi connectivity index (χ2n) is 11.9. The van der Waals surface area contributed by atoms with Crippen molar-refractivity contribution in [1.82, 2.24) is 19.8 Å². The number of thioether (sulfide) groups is 1. The maximum absolute atomic E-state index is 16.9. The van der Waals surface area contributed by atoms with Crippen LogP contribution < -0.4 is 15.4 Å². The van der Waals surface area contributed by atoms with Crippen LogP contribution in [-0.4, -0.2) is 77.1 Å². The zero-order valence-corrected chi connectivity index (χ0v) is 27.4. The van der Waals surface area contributed by atoms with Crippen LogP contribution in [0.1, 0.15) is 37.8 Å². The third-order valence-corrected chi connectivity index (χ3v) is 9.58. The number of fused-ring (bicyclic) bond motifs is 1. The van der Waals surface area contributed by atoms with Gasteiger partial charge in [0.2, 0.25) is 5.91 Å². The van der Waals surface area contributed by atoms with Crippen LogP contribution in [0.25, 0.3) is 22.0 Å². The average molecular weight is 688 g/mol. The molecule has 3 aromatic rings. The van der Waals surface area contributed by atoms with Crippen LogP contribution in [0.15, 0.2) is 47.4 Å². The van der Waals surface area contributed by atoms with Crippen molar-refractivity contribution in [3.8, 4) is 23.2 Å². The number of halogens is 5. The third-order valence-electron chi connectivity index (χ3n) is 8.71. The van der Waals surface area contributed by atoms with Crippen molar-refractivity contribution in [2.45, 2.75) is 55.9 Å². The predicted octanol–water partition coefficient (Wildman–Crippen LogP) is 6.07. The molecule has 2 saturated heterocycles. The topological polar surface area (TPSA) is 112 Å². The molecule has 0 unspecified atom stereocenters. The number of hydrogen-bond donors (Lipinski definition) is 1. The number of nitrogens with zero attached hydrogens (tertiary/aromatic N) is 6. The molecular formula is C33H34F5N7O2S. The van der Waals surface area contributed by atoms with Crippen LogP contribution in [-0.2, 0) is 11.0 Å². The number of likely N-dealkylation sites (N-methyl/N-ethyl adjacent to an activating group) is 1. The number of ether oxygens (including phenoxy) is 1. The number of likely N-dealkylation sites (tertiary alicyclic amines) is 1. The lowest BCUT2D eigenvalue weighted by Crippen LogP contribution is -2.58. The molecule has 9 nitrogen and oxygen atoms in total. The Morgan fingerprint density at radius 3 is 2.56 bits per heavy atom. The van der Waals surface area contributed by atoms with Gasteiger partial charge in [-0.3, -0.25) is 4.79 Å². The molecule has 0 radical (unpaired) electrons. The summed E-state index contributed by atoms with van der Waals surface area (Å²) in [5.74, 6) is -2.63. The Labute approximate surface area is 278 Å². The molecule has 2 N–H and O–H groups in total. The summed E-state index contributed by atoms with van der Waals surface area (Å²) in [5, 5.41) is 9.62. The van der Waals surface area contributed by atoms with E-state index in [1.54, 1.807) is 29.7 Å². The lowest BCUT2D eigenvalue weighted by Gasteiger charge is -2.44. The number of nitriles is 1. The van der Waals surface area contributed by atoms with Crippen LogP contribution in [0.4, 0.5) is 27.8 Å². The zero-order valence-electron chi connectivity index (χ0n) is 26.6. The molecule has 2 aliphatic heterocycles. The molecule has 1 amide bonds. The number of hydrogen-bond acceptors (Lipinski definition) is 9. The molecule has 254 valence electrons. The van der Waals surface area contributed by atoms with Gasteiger partial charge in [0.25, 0.3) is 0 Å². The van der Waals surface area contributed by atoms with Crippen LogP contribution in [0.5, 0.6) is 6.01 Å². The van der Waals surface area contributed by atoms with Crippen molar-refractivity contribution in [3.05, 3.63) is 65.2 Å². The van der Waals surface area contributed by atoms with E-state index in [2.05, 4.69) is 28.0 Å². The minimum Gasteiger partial charge on any atom is -0.462 e. The Bertz CT molecular complexity index is 1830. The number of piperazine rings is 1. The van der Waals surface area contributed by atoms with Crippen LogP contribution >= 0.6 is 11.8 Å². The third kappa shape index (κ3) is 6.64. The Morgan fingerprint density at radius 2 is 1.96 bits per heavy atom. The van der Waals surface area contributed by atoms with Gasteiger partial charge >= 0.3 is 12.2 Å². The summed E-state index contributed by atoms with van der Waals surface area (Å²) in [6.45, 7) is 11.9. The maximum atomic E-state index is 16.9. The summed E-state index contributed by atoms with van der Waals surface area (Å²) < 4.78 is 82.3. The second kappa shape index (κ2) is 13.6. The first kappa shape index (κ1) is 34.9. The fourth-order valence-electron chi connectivity index (χ4n) is 6.28. The molecule has 1 aromatic heterocycles. The van der Waals surface area contributed by atoms with Crippen molar-refractivity contribution in [3.63, 3.8) is 0 Å². The Morgan fingerprint density at radius 1 is 1.23 bits per heavy atom. The first-order valence-corrected chi connectivity index (χ1v) is 16.0. The number of amides is 1. The molecule has 15 heteroatoms. The Hall–Kier alpha value is -4.42. The average Bonchev–Trinajstić information content (AvgIpc) is 3.45. The summed E-state index contributed by atoms with van der Waals surface area (Å²) in [6.07, 6.45) is -2.14. The molecule has 3 atom stereocenters. The molecular weight excluding hydrogens is 653 g/mol. The van der Waals surface area contributed by atoms with Gasteiger partial charge in [0.15, 0.2) is 5.82 Å². The SMILES string of the molecule is C=CC(=O)N1C[C@H](C)N(c2nc(OC[C@@H]3CCCN3C)nc3c(F)c(-c4ccc(F)c(SC(=C)N)c4C#N)c(C(F)(F)F)cc23)C[C@H]1C. The van der Waals surface area contributed by atoms with Crippen molar-refractivity contribution in [1.29, 1.82) is 5.26 Å². The molecule has 0 bridgehead atoms. The lowest BCUT2D eigenvalue weighted by molar-refractivity contribution is -0.137. The minimum absolute atomic E-state index is 0.00827. The van der Waals surface area contributed by atoms with Crippen molar-refractivity contribution >= 4 is 34.4 Å². The van der Waals surface area contributed by atoms with Gasteiger partial charge in [-0.25, -0.2) is 8.78 Å². The summed E-state index contributed by atoms with van der Waals surface area (Å²) in [4.78, 5) is 26.3. The highest BCUT2D eigenvalue weighted by Crippen LogP contribution is 2.46. The van der Waals surface area contributed by atoms with Gasteiger partial charge in [-0.05, 0) is 64.6 Å². The van der Waals surface area contributed by atoms with Gasteiger partial charge < -0.3 is 25.2 Å². The smallest absolute Gasteiger partial charge is 0.417 e. The first-order chi connectivity index (χ1) is 22.7. The highest BCUT2D eigenvalue weighted by molar-refractivity contribution is 8.03. The van der Waals surface area contributed by atoms with E-state index in [0.717, 1.165) is 37.6 Å². The van der Waals surface area contributed by atoms with E-state index in [-0.39, 0.29) is 53.9 Å². The largest absolute Gasteiger partial charge is 0.462 e. The van der Waals surface area contributed by atoms with Crippen molar-refractivity contribution < 1.29 is 31.5 Å². The van der Waals surface area contributed by atoms with Gasteiger partial charge in [-0.15, -0.1) is 0 Å². The monoisotopic (exact) mass is 687 g/mol. The number of anilines is 1. The normalized spacial score (nSPS) is 20.2. The van der Waals surface area contributed by atoms with Crippen molar-refractivity contribution in [2.24, 2.45) is 5.73 Å². The standard InChI is InChI=1S/C33H34F5N7O2S/c1-6-26(46)44-14-18(3)45(15-17(44)2)31-22-12-24(33(36,37)38)27(21-9-10-25(34)30(23(21)13-39)48-19(4)40)28(35)29(22)41-32(42-31)47-16-20-8-7-11-43(20)5/h6,9-10,12,17-18,20H,1,4,7-8,11,14-16,40H2,2-3,5H3/t17-,18+,20+/m1/s1. The molecule has 48 heavy (non-hydrogen) atoms. The van der Waals surface area contributed by atoms with E-state index >= 15 is 4.39 Å². The van der Waals surface area contributed by atoms with E-state index in [1.807, 2.05) is 7.05 Å². The quantitative estimate of drug-likeness (QED) is 0.171. The molecule has 5 rings (SSSR count). The highest BCUT2D eigenvalue weighted by Gasteiger charge is 2.40. The lowest BCUT2D eigenvalue weighted by atomic mass is 9.92. The predicted molar refractivity (Wildman–Crippen MR) is 173 cm³/mol. The van der Waals surface area contributed by atoms with Gasteiger partial charge in [-0.1, -0.05) is 24.9 Å². The number of benzene rings is 2. The van der Waals surface area contributed by atoms with Crippen LogP contribution in [0.2, 0.25) is 0 Å². The number of aromatic nitrogens is 2. The molecule has 0 aliphatic carbocycles. The molecule has 0 spiro atoms. The van der Waals surface area contributed by atoms with Gasteiger partial charge in [0.1, 0.15) is 29.8 Å². The number of rotatable bonds is 8. The van der Waals surface area contributed by atoms with E-state index in [4.69, 9.17) is 10.5 Å². The molecule has 2 aliphatic rings. The summed E-state index contributed by atoms with van der Waals surface area (Å²) >= 11 is 0.546. The second-order valence-corrected chi connectivity index (χ2v) is 13.1. The number of carbonyl (C=O) groups excluding carboxylic acids is 1. The van der Waals surface area contributed by atoms with Gasteiger partial charge in [-0.2, -0.15) is 28.4 Å². The number of nitrogens with two attached hydrogens (primary N) is 1. The Balaban J connectivity index is 1.77. The van der Waals surface area contributed by atoms with E-state index in [1.165, 1.54) is 6.08 Å². The van der Waals surface area contributed by atoms with Crippen LogP contribution in [0.3, 0.4) is 0 Å². The minimum atomic E-state index is -5.12. The summed E-state index contributed by atoms with van der Waals surface area (Å²) in [6, 6.07) is 3.15. The van der Waals surface area contributed by atoms with Gasteiger partial charge in [0, 0.05) is 47.7 Å². The fraction of sp³-hybridized carbons (Fsp3) is 0.394.